The summed E-state index contributed by atoms with van der Waals surface area (Å²) in [5.74, 6) is 0.789. The molecule has 0 aliphatic heterocycles. The molecule has 1 aliphatic rings. The Labute approximate surface area is 93.8 Å². The second kappa shape index (κ2) is 7.89. The van der Waals surface area contributed by atoms with Gasteiger partial charge in [-0.25, -0.2) is 0 Å². The zero-order chi connectivity index (χ0) is 10.9. The fourth-order valence-corrected chi connectivity index (χ4v) is 2.33. The minimum Gasteiger partial charge on any atom is -0.392 e. The summed E-state index contributed by atoms with van der Waals surface area (Å²) in [6, 6.07) is 0. The second-order valence-electron chi connectivity index (χ2n) is 4.60. The summed E-state index contributed by atoms with van der Waals surface area (Å²) in [5, 5.41) is 13.1. The Morgan fingerprint density at radius 2 is 2.13 bits per heavy atom. The molecule has 2 heteroatoms. The maximum absolute atomic E-state index is 9.79. The normalized spacial score (nSPS) is 20.1. The van der Waals surface area contributed by atoms with Crippen LogP contribution in [-0.4, -0.2) is 24.3 Å². The zero-order valence-corrected chi connectivity index (χ0v) is 9.91. The monoisotopic (exact) mass is 211 g/mol. The summed E-state index contributed by atoms with van der Waals surface area (Å²) in [6.45, 7) is 3.77. The van der Waals surface area contributed by atoms with Crippen LogP contribution in [0.3, 0.4) is 0 Å². The van der Waals surface area contributed by atoms with Gasteiger partial charge in [-0.2, -0.15) is 0 Å². The van der Waals surface area contributed by atoms with Crippen molar-refractivity contribution in [2.45, 2.75) is 51.6 Å². The van der Waals surface area contributed by atoms with E-state index < -0.39 is 0 Å². The van der Waals surface area contributed by atoms with Crippen molar-refractivity contribution >= 4 is 0 Å². The van der Waals surface area contributed by atoms with Gasteiger partial charge in [0.25, 0.3) is 0 Å². The third-order valence-corrected chi connectivity index (χ3v) is 3.18. The van der Waals surface area contributed by atoms with E-state index in [1.54, 1.807) is 0 Å². The number of nitrogens with one attached hydrogen (secondary N) is 1. The van der Waals surface area contributed by atoms with E-state index in [1.807, 2.05) is 6.92 Å². The van der Waals surface area contributed by atoms with Crippen molar-refractivity contribution in [3.63, 3.8) is 0 Å². The maximum atomic E-state index is 9.79. The van der Waals surface area contributed by atoms with Crippen LogP contribution in [0.1, 0.15) is 45.4 Å². The van der Waals surface area contributed by atoms with E-state index in [0.29, 0.717) is 0 Å². The van der Waals surface area contributed by atoms with Gasteiger partial charge < -0.3 is 10.4 Å². The maximum Gasteiger partial charge on any atom is 0.0667 e. The topological polar surface area (TPSA) is 32.3 Å². The first-order valence-corrected chi connectivity index (χ1v) is 6.33. The van der Waals surface area contributed by atoms with Crippen molar-refractivity contribution in [3.05, 3.63) is 12.2 Å². The van der Waals surface area contributed by atoms with Crippen LogP contribution in [0.5, 0.6) is 0 Å². The molecule has 0 bridgehead atoms. The van der Waals surface area contributed by atoms with Gasteiger partial charge in [-0.3, -0.25) is 0 Å². The lowest BCUT2D eigenvalue weighted by molar-refractivity contribution is 0.141. The molecule has 0 saturated heterocycles. The highest BCUT2D eigenvalue weighted by atomic mass is 16.3. The summed E-state index contributed by atoms with van der Waals surface area (Å²) in [5.41, 5.74) is 0. The molecule has 1 aliphatic carbocycles. The molecule has 1 unspecified atom stereocenters. The van der Waals surface area contributed by atoms with Crippen molar-refractivity contribution in [3.8, 4) is 0 Å². The molecule has 0 radical (unpaired) electrons. The van der Waals surface area contributed by atoms with Crippen molar-refractivity contribution in [1.82, 2.24) is 5.32 Å². The van der Waals surface area contributed by atoms with E-state index in [2.05, 4.69) is 17.5 Å². The minimum atomic E-state index is -0.140. The van der Waals surface area contributed by atoms with E-state index in [1.165, 1.54) is 25.7 Å². The molecule has 1 saturated carbocycles. The van der Waals surface area contributed by atoms with Gasteiger partial charge in [0, 0.05) is 6.54 Å². The fourth-order valence-electron chi connectivity index (χ4n) is 2.33. The van der Waals surface area contributed by atoms with E-state index >= 15 is 0 Å². The molecule has 0 amide bonds. The fraction of sp³-hybridized carbons (Fsp3) is 0.846. The molecule has 15 heavy (non-hydrogen) atoms. The van der Waals surface area contributed by atoms with Crippen LogP contribution in [0.2, 0.25) is 0 Å². The summed E-state index contributed by atoms with van der Waals surface area (Å²) in [6.07, 6.45) is 11.5. The van der Waals surface area contributed by atoms with Crippen molar-refractivity contribution < 1.29 is 5.11 Å². The number of hydrogen-bond acceptors (Lipinski definition) is 2. The van der Waals surface area contributed by atoms with Gasteiger partial charge in [0.05, 0.1) is 6.10 Å². The number of allylic oxidation sites excluding steroid dienone is 1. The molecule has 0 aromatic carbocycles. The Hall–Kier alpha value is -0.340. The first kappa shape index (κ1) is 12.7. The third kappa shape index (κ3) is 5.95. The Morgan fingerprint density at radius 3 is 2.80 bits per heavy atom. The third-order valence-electron chi connectivity index (χ3n) is 3.18. The molecule has 1 rings (SSSR count). The number of aliphatic hydroxyl groups is 1. The van der Waals surface area contributed by atoms with Gasteiger partial charge >= 0.3 is 0 Å². The molecule has 0 aromatic heterocycles. The standard InChI is InChI=1S/C13H25NO/c1-2-3-6-9-14-11-13(15)10-12-7-4-5-8-12/h2-3,12-15H,4-11H2,1H3/b3-2+. The Morgan fingerprint density at radius 1 is 1.40 bits per heavy atom. The van der Waals surface area contributed by atoms with Crippen molar-refractivity contribution in [2.24, 2.45) is 5.92 Å². The average Bonchev–Trinajstić information content (AvgIpc) is 2.70. The minimum absolute atomic E-state index is 0.140. The molecule has 88 valence electrons. The predicted molar refractivity (Wildman–Crippen MR) is 64.9 cm³/mol. The molecule has 0 aromatic rings. The molecule has 1 fully saturated rings. The SMILES string of the molecule is C/C=C/CCNCC(O)CC1CCCC1. The first-order chi connectivity index (χ1) is 7.33. The van der Waals surface area contributed by atoms with Crippen LogP contribution in [-0.2, 0) is 0 Å². The molecular formula is C13H25NO. The van der Waals surface area contributed by atoms with Crippen LogP contribution >= 0.6 is 0 Å². The molecule has 1 atom stereocenters. The van der Waals surface area contributed by atoms with Gasteiger partial charge in [0.1, 0.15) is 0 Å². The number of aliphatic hydroxyl groups excluding tert-OH is 1. The van der Waals surface area contributed by atoms with Crippen LogP contribution in [0.4, 0.5) is 0 Å². The molecule has 0 heterocycles. The summed E-state index contributed by atoms with van der Waals surface area (Å²) in [7, 11) is 0. The van der Waals surface area contributed by atoms with Gasteiger partial charge in [-0.05, 0) is 32.2 Å². The molecule has 0 spiro atoms. The summed E-state index contributed by atoms with van der Waals surface area (Å²) in [4.78, 5) is 0. The average molecular weight is 211 g/mol. The Kier molecular flexibility index (Phi) is 6.69. The summed E-state index contributed by atoms with van der Waals surface area (Å²) < 4.78 is 0. The zero-order valence-electron chi connectivity index (χ0n) is 9.91. The van der Waals surface area contributed by atoms with Crippen molar-refractivity contribution in [2.75, 3.05) is 13.1 Å². The lowest BCUT2D eigenvalue weighted by atomic mass is 10.0. The smallest absolute Gasteiger partial charge is 0.0667 e. The molecule has 2 nitrogen and oxygen atoms in total. The summed E-state index contributed by atoms with van der Waals surface area (Å²) >= 11 is 0. The second-order valence-corrected chi connectivity index (χ2v) is 4.60. The Balaban J connectivity index is 1.95. The van der Waals surface area contributed by atoms with Gasteiger partial charge in [0.15, 0.2) is 0 Å². The lowest BCUT2D eigenvalue weighted by Crippen LogP contribution is -2.28. The molecule has 2 N–H and O–H groups in total. The van der Waals surface area contributed by atoms with Crippen LogP contribution in [0.25, 0.3) is 0 Å². The number of rotatable bonds is 7. The highest BCUT2D eigenvalue weighted by Gasteiger charge is 2.18. The lowest BCUT2D eigenvalue weighted by Gasteiger charge is -2.15. The van der Waals surface area contributed by atoms with Crippen LogP contribution < -0.4 is 5.32 Å². The largest absolute Gasteiger partial charge is 0.392 e. The van der Waals surface area contributed by atoms with E-state index in [9.17, 15) is 5.11 Å². The van der Waals surface area contributed by atoms with Gasteiger partial charge in [-0.15, -0.1) is 0 Å². The van der Waals surface area contributed by atoms with Crippen LogP contribution in [0, 0.1) is 5.92 Å². The van der Waals surface area contributed by atoms with Gasteiger partial charge in [-0.1, -0.05) is 37.8 Å². The highest BCUT2D eigenvalue weighted by Crippen LogP contribution is 2.28. The van der Waals surface area contributed by atoms with E-state index in [-0.39, 0.29) is 6.10 Å². The molecular weight excluding hydrogens is 186 g/mol. The predicted octanol–water partition coefficient (Wildman–Crippen LogP) is 2.48. The van der Waals surface area contributed by atoms with E-state index in [4.69, 9.17) is 0 Å². The first-order valence-electron chi connectivity index (χ1n) is 6.33. The van der Waals surface area contributed by atoms with Gasteiger partial charge in [0.2, 0.25) is 0 Å². The number of hydrogen-bond donors (Lipinski definition) is 2. The van der Waals surface area contributed by atoms with E-state index in [0.717, 1.165) is 31.8 Å². The van der Waals surface area contributed by atoms with Crippen LogP contribution in [0.15, 0.2) is 12.2 Å². The Bertz CT molecular complexity index is 173. The quantitative estimate of drug-likeness (QED) is 0.501. The van der Waals surface area contributed by atoms with Crippen molar-refractivity contribution in [1.29, 1.82) is 0 Å². The highest BCUT2D eigenvalue weighted by molar-refractivity contribution is 4.78.